The number of pyridine rings is 1. The van der Waals surface area contributed by atoms with E-state index in [9.17, 15) is 9.59 Å². The van der Waals surface area contributed by atoms with E-state index in [-0.39, 0.29) is 18.4 Å². The number of aromatic nitrogens is 1. The van der Waals surface area contributed by atoms with Gasteiger partial charge in [0.1, 0.15) is 5.92 Å². The van der Waals surface area contributed by atoms with Crippen LogP contribution in [0.3, 0.4) is 0 Å². The number of hydrogen-bond donors (Lipinski definition) is 1. The summed E-state index contributed by atoms with van der Waals surface area (Å²) in [7, 11) is 0. The van der Waals surface area contributed by atoms with E-state index in [0.29, 0.717) is 29.8 Å². The molecule has 5 heteroatoms. The minimum absolute atomic E-state index is 0.0731. The van der Waals surface area contributed by atoms with Gasteiger partial charge in [-0.2, -0.15) is 0 Å². The van der Waals surface area contributed by atoms with Crippen molar-refractivity contribution in [3.8, 4) is 0 Å². The van der Waals surface area contributed by atoms with E-state index in [4.69, 9.17) is 4.74 Å². The summed E-state index contributed by atoms with van der Waals surface area (Å²) < 4.78 is 5.62. The number of allylic oxidation sites excluding steroid dienone is 2. The third-order valence-corrected chi connectivity index (χ3v) is 5.53. The molecule has 0 amide bonds. The van der Waals surface area contributed by atoms with Crippen molar-refractivity contribution in [2.24, 2.45) is 5.92 Å². The van der Waals surface area contributed by atoms with Gasteiger partial charge in [-0.15, -0.1) is 0 Å². The number of Topliss-reactive ketones (excluding diaryl/α,β-unsaturated/α-hetero) is 1. The van der Waals surface area contributed by atoms with Gasteiger partial charge in [0.05, 0.1) is 12.5 Å². The summed E-state index contributed by atoms with van der Waals surface area (Å²) >= 11 is 0. The number of nitrogens with zero attached hydrogens (tertiary/aromatic N) is 1. The van der Waals surface area contributed by atoms with Crippen molar-refractivity contribution in [3.63, 3.8) is 0 Å². The number of rotatable bonds is 5. The molecule has 1 aromatic carbocycles. The smallest absolute Gasteiger partial charge is 0.315 e. The fourth-order valence-electron chi connectivity index (χ4n) is 4.15. The topological polar surface area (TPSA) is 68.3 Å². The summed E-state index contributed by atoms with van der Waals surface area (Å²) in [5.74, 6) is -1.44. The molecule has 0 saturated carbocycles. The van der Waals surface area contributed by atoms with Gasteiger partial charge in [-0.1, -0.05) is 43.0 Å². The number of ketones is 1. The molecule has 0 fully saturated rings. The molecule has 0 spiro atoms. The van der Waals surface area contributed by atoms with Crippen LogP contribution in [0.4, 0.5) is 0 Å². The molecular weight excluding hydrogens is 364 g/mol. The lowest BCUT2D eigenvalue weighted by atomic mass is 9.73. The highest BCUT2D eigenvalue weighted by Crippen LogP contribution is 2.43. The standard InChI is InChI=1S/C24H24N2O3/c1-16-21(24(28)29-15-13-17-8-3-2-4-9-17)23(18-10-5-6-14-25-18)22-19(26-16)11-7-12-20(22)27/h2-6,8-10,14,21,23,26H,1,7,11-13,15H2. The van der Waals surface area contributed by atoms with E-state index in [1.54, 1.807) is 6.20 Å². The second kappa shape index (κ2) is 8.43. The monoisotopic (exact) mass is 388 g/mol. The molecule has 5 nitrogen and oxygen atoms in total. The Morgan fingerprint density at radius 3 is 2.69 bits per heavy atom. The molecule has 2 atom stereocenters. The van der Waals surface area contributed by atoms with E-state index in [1.165, 1.54) is 0 Å². The van der Waals surface area contributed by atoms with Crippen LogP contribution in [0.1, 0.15) is 36.4 Å². The first-order chi connectivity index (χ1) is 14.1. The van der Waals surface area contributed by atoms with Crippen LogP contribution in [-0.4, -0.2) is 23.3 Å². The quantitative estimate of drug-likeness (QED) is 0.791. The molecule has 0 saturated heterocycles. The molecule has 1 aliphatic heterocycles. The third kappa shape index (κ3) is 3.99. The Balaban J connectivity index is 1.60. The first-order valence-electron chi connectivity index (χ1n) is 9.98. The third-order valence-electron chi connectivity index (χ3n) is 5.53. The van der Waals surface area contributed by atoms with Gasteiger partial charge in [0.25, 0.3) is 0 Å². The van der Waals surface area contributed by atoms with Crippen LogP contribution in [-0.2, 0) is 20.7 Å². The molecule has 2 aliphatic rings. The predicted molar refractivity (Wildman–Crippen MR) is 110 cm³/mol. The van der Waals surface area contributed by atoms with Crippen molar-refractivity contribution < 1.29 is 14.3 Å². The van der Waals surface area contributed by atoms with Gasteiger partial charge in [0, 0.05) is 41.7 Å². The number of esters is 1. The first-order valence-corrected chi connectivity index (χ1v) is 9.98. The molecule has 1 aromatic heterocycles. The lowest BCUT2D eigenvalue weighted by Gasteiger charge is -2.37. The van der Waals surface area contributed by atoms with Crippen molar-refractivity contribution in [1.82, 2.24) is 10.3 Å². The Labute approximate surface area is 170 Å². The first kappa shape index (κ1) is 19.1. The summed E-state index contributed by atoms with van der Waals surface area (Å²) in [5.41, 5.74) is 3.90. The number of carbonyl (C=O) groups is 2. The fraction of sp³-hybridized carbons (Fsp3) is 0.292. The van der Waals surface area contributed by atoms with Crippen molar-refractivity contribution in [2.75, 3.05) is 6.61 Å². The largest absolute Gasteiger partial charge is 0.465 e. The van der Waals surface area contributed by atoms with Crippen LogP contribution in [0.2, 0.25) is 0 Å². The van der Waals surface area contributed by atoms with Gasteiger partial charge in [0.2, 0.25) is 0 Å². The number of benzene rings is 1. The Kier molecular flexibility index (Phi) is 5.56. The highest BCUT2D eigenvalue weighted by atomic mass is 16.5. The summed E-state index contributed by atoms with van der Waals surface area (Å²) in [5, 5.41) is 3.22. The number of nitrogens with one attached hydrogen (secondary N) is 1. The van der Waals surface area contributed by atoms with E-state index in [0.717, 1.165) is 24.1 Å². The van der Waals surface area contributed by atoms with Gasteiger partial charge < -0.3 is 10.1 Å². The molecule has 2 unspecified atom stereocenters. The van der Waals surface area contributed by atoms with Crippen LogP contribution in [0.15, 0.2) is 78.3 Å². The van der Waals surface area contributed by atoms with Gasteiger partial charge in [-0.25, -0.2) is 0 Å². The van der Waals surface area contributed by atoms with E-state index < -0.39 is 11.8 Å². The van der Waals surface area contributed by atoms with Crippen LogP contribution in [0, 0.1) is 5.92 Å². The Morgan fingerprint density at radius 2 is 1.93 bits per heavy atom. The summed E-state index contributed by atoms with van der Waals surface area (Å²) in [4.78, 5) is 30.3. The normalized spacial score (nSPS) is 21.4. The van der Waals surface area contributed by atoms with Gasteiger partial charge >= 0.3 is 5.97 Å². The average molecular weight is 388 g/mol. The van der Waals surface area contributed by atoms with E-state index in [1.807, 2.05) is 48.5 Å². The molecule has 0 radical (unpaired) electrons. The van der Waals surface area contributed by atoms with Crippen LogP contribution >= 0.6 is 0 Å². The van der Waals surface area contributed by atoms with E-state index in [2.05, 4.69) is 16.9 Å². The maximum absolute atomic E-state index is 13.1. The van der Waals surface area contributed by atoms with E-state index >= 15 is 0 Å². The number of hydrogen-bond acceptors (Lipinski definition) is 5. The molecule has 2 aromatic rings. The Bertz CT molecular complexity index is 951. The maximum Gasteiger partial charge on any atom is 0.315 e. The Morgan fingerprint density at radius 1 is 1.14 bits per heavy atom. The van der Waals surface area contributed by atoms with Crippen LogP contribution in [0.25, 0.3) is 0 Å². The minimum Gasteiger partial charge on any atom is -0.465 e. The lowest BCUT2D eigenvalue weighted by molar-refractivity contribution is -0.147. The van der Waals surface area contributed by atoms with Crippen molar-refractivity contribution in [2.45, 2.75) is 31.6 Å². The molecule has 148 valence electrons. The average Bonchev–Trinajstić information content (AvgIpc) is 2.74. The summed E-state index contributed by atoms with van der Waals surface area (Å²) in [6.07, 6.45) is 4.40. The zero-order valence-corrected chi connectivity index (χ0v) is 16.3. The number of ether oxygens (including phenoxy) is 1. The fourth-order valence-corrected chi connectivity index (χ4v) is 4.15. The van der Waals surface area contributed by atoms with Gasteiger partial charge in [0.15, 0.2) is 5.78 Å². The molecule has 0 bridgehead atoms. The highest BCUT2D eigenvalue weighted by Gasteiger charge is 2.44. The lowest BCUT2D eigenvalue weighted by Crippen LogP contribution is -2.41. The second-order valence-corrected chi connectivity index (χ2v) is 7.43. The SMILES string of the molecule is C=C1NC2=C(C(=O)CCC2)C(c2ccccn2)C1C(=O)OCCc1ccccc1. The van der Waals surface area contributed by atoms with Crippen LogP contribution < -0.4 is 5.32 Å². The molecule has 1 N–H and O–H groups in total. The zero-order chi connectivity index (χ0) is 20.2. The Hall–Kier alpha value is -3.21. The van der Waals surface area contributed by atoms with Crippen molar-refractivity contribution in [1.29, 1.82) is 0 Å². The van der Waals surface area contributed by atoms with Crippen LogP contribution in [0.5, 0.6) is 0 Å². The van der Waals surface area contributed by atoms with Crippen molar-refractivity contribution >= 4 is 11.8 Å². The minimum atomic E-state index is -0.679. The predicted octanol–water partition coefficient (Wildman–Crippen LogP) is 3.69. The maximum atomic E-state index is 13.1. The molecule has 4 rings (SSSR count). The second-order valence-electron chi connectivity index (χ2n) is 7.43. The van der Waals surface area contributed by atoms with Crippen molar-refractivity contribution in [3.05, 3.63) is 89.5 Å². The van der Waals surface area contributed by atoms with Gasteiger partial charge in [-0.05, 0) is 30.5 Å². The molecule has 1 aliphatic carbocycles. The van der Waals surface area contributed by atoms with Gasteiger partial charge in [-0.3, -0.25) is 14.6 Å². The number of carbonyl (C=O) groups excluding carboxylic acids is 2. The molecule has 29 heavy (non-hydrogen) atoms. The molecule has 2 heterocycles. The molecular formula is C24H24N2O3. The summed E-state index contributed by atoms with van der Waals surface area (Å²) in [6, 6.07) is 15.4. The summed E-state index contributed by atoms with van der Waals surface area (Å²) in [6.45, 7) is 4.37. The highest BCUT2D eigenvalue weighted by molar-refractivity contribution is 6.00. The zero-order valence-electron chi connectivity index (χ0n) is 16.3.